The molecule has 7 nitrogen and oxygen atoms in total. The molecule has 0 aromatic heterocycles. The van der Waals surface area contributed by atoms with E-state index in [-0.39, 0.29) is 0 Å². The Morgan fingerprint density at radius 1 is 0.649 bits per heavy atom. The molecule has 2 atom stereocenters. The average Bonchev–Trinajstić information content (AvgIpc) is 2.92. The molecule has 0 saturated heterocycles. The minimum absolute atomic E-state index is 0.385. The van der Waals surface area contributed by atoms with Crippen LogP contribution < -0.4 is 16.8 Å². The molecule has 0 heterocycles. The van der Waals surface area contributed by atoms with Gasteiger partial charge in [0, 0.05) is 12.1 Å². The van der Waals surface area contributed by atoms with Crippen molar-refractivity contribution >= 4 is 11.9 Å². The van der Waals surface area contributed by atoms with Crippen LogP contribution in [0.5, 0.6) is 0 Å². The number of carboxylic acid groups (broad SMARTS) is 2. The molecule has 2 unspecified atom stereocenters. The smallest absolute Gasteiger partial charge is 0.320 e. The van der Waals surface area contributed by atoms with Crippen molar-refractivity contribution in [1.29, 1.82) is 0 Å². The first-order chi connectivity index (χ1) is 17.8. The molecule has 0 spiro atoms. The summed E-state index contributed by atoms with van der Waals surface area (Å²) in [4.78, 5) is 20.8. The van der Waals surface area contributed by atoms with Gasteiger partial charge in [0.25, 0.3) is 0 Å². The first kappa shape index (κ1) is 30.5. The maximum Gasteiger partial charge on any atom is 0.320 e. The molecular formula is C30H45N3O4. The van der Waals surface area contributed by atoms with Crippen molar-refractivity contribution in [2.75, 3.05) is 0 Å². The van der Waals surface area contributed by atoms with Gasteiger partial charge >= 0.3 is 11.9 Å². The highest BCUT2D eigenvalue weighted by molar-refractivity contribution is 5.73. The van der Waals surface area contributed by atoms with Gasteiger partial charge < -0.3 is 27.0 Å². The third-order valence-corrected chi connectivity index (χ3v) is 6.91. The second kappa shape index (κ2) is 17.7. The van der Waals surface area contributed by atoms with Crippen molar-refractivity contribution in [3.8, 4) is 0 Å². The summed E-state index contributed by atoms with van der Waals surface area (Å²) in [5.41, 5.74) is 12.6. The van der Waals surface area contributed by atoms with Crippen LogP contribution in [0, 0.1) is 0 Å². The molecule has 4 rings (SSSR count). The van der Waals surface area contributed by atoms with E-state index in [1.54, 1.807) is 0 Å². The van der Waals surface area contributed by atoms with Crippen LogP contribution >= 0.6 is 0 Å². The average molecular weight is 512 g/mol. The summed E-state index contributed by atoms with van der Waals surface area (Å²) in [6.45, 7) is 0. The largest absolute Gasteiger partial charge is 0.480 e. The van der Waals surface area contributed by atoms with Gasteiger partial charge in [-0.05, 0) is 49.7 Å². The van der Waals surface area contributed by atoms with E-state index in [4.69, 9.17) is 21.7 Å². The topological polar surface area (TPSA) is 139 Å². The van der Waals surface area contributed by atoms with E-state index in [1.165, 1.54) is 64.2 Å². The molecule has 0 amide bonds. The van der Waals surface area contributed by atoms with E-state index < -0.39 is 24.0 Å². The lowest BCUT2D eigenvalue weighted by Gasteiger charge is -2.30. The lowest BCUT2D eigenvalue weighted by molar-refractivity contribution is -0.139. The van der Waals surface area contributed by atoms with Crippen molar-refractivity contribution in [2.24, 2.45) is 11.5 Å². The molecule has 37 heavy (non-hydrogen) atoms. The molecular weight excluding hydrogens is 466 g/mol. The third kappa shape index (κ3) is 13.4. The van der Waals surface area contributed by atoms with Gasteiger partial charge in [0.1, 0.15) is 12.1 Å². The first-order valence-electron chi connectivity index (χ1n) is 13.7. The fourth-order valence-electron chi connectivity index (χ4n) is 4.78. The van der Waals surface area contributed by atoms with Gasteiger partial charge in [-0.1, -0.05) is 99.2 Å². The van der Waals surface area contributed by atoms with Crippen molar-refractivity contribution in [2.45, 2.75) is 101 Å². The molecule has 0 radical (unpaired) electrons. The molecule has 7 N–H and O–H groups in total. The fourth-order valence-corrected chi connectivity index (χ4v) is 4.78. The van der Waals surface area contributed by atoms with Crippen molar-refractivity contribution in [3.05, 3.63) is 71.8 Å². The summed E-state index contributed by atoms with van der Waals surface area (Å²) in [6, 6.07) is 18.8. The predicted octanol–water partition coefficient (Wildman–Crippen LogP) is 4.52. The number of carbonyl (C=O) groups is 2. The van der Waals surface area contributed by atoms with Crippen LogP contribution in [0.15, 0.2) is 60.7 Å². The minimum Gasteiger partial charge on any atom is -0.480 e. The van der Waals surface area contributed by atoms with E-state index in [1.807, 2.05) is 60.7 Å². The summed E-state index contributed by atoms with van der Waals surface area (Å²) >= 11 is 0. The number of nitrogens with two attached hydrogens (primary N) is 2. The molecule has 2 aromatic rings. The molecule has 0 bridgehead atoms. The van der Waals surface area contributed by atoms with Crippen LogP contribution in [0.1, 0.15) is 75.3 Å². The standard InChI is InChI=1S/C12H23N.2C9H11NO2/c1-3-7-11(8-4-1)13-12-9-5-2-6-10-12;2*10-8(9(11)12)6-7-4-2-1-3-5-7/h11-13H,1-10H2;2*1-5,8H,6,10H2,(H,11,12). The number of rotatable bonds is 8. The van der Waals surface area contributed by atoms with Crippen LogP contribution in [0.3, 0.4) is 0 Å². The second-order valence-corrected chi connectivity index (χ2v) is 10.1. The molecule has 2 saturated carbocycles. The minimum atomic E-state index is -0.959. The molecule has 7 heteroatoms. The number of carboxylic acids is 2. The van der Waals surface area contributed by atoms with E-state index in [2.05, 4.69) is 5.32 Å². The van der Waals surface area contributed by atoms with Gasteiger partial charge in [-0.15, -0.1) is 0 Å². The summed E-state index contributed by atoms with van der Waals surface area (Å²) in [7, 11) is 0. The Balaban J connectivity index is 0.000000195. The summed E-state index contributed by atoms with van der Waals surface area (Å²) in [6.07, 6.45) is 15.3. The van der Waals surface area contributed by atoms with Gasteiger partial charge in [0.15, 0.2) is 0 Å². The monoisotopic (exact) mass is 511 g/mol. The molecule has 0 aliphatic heterocycles. The SMILES string of the molecule is C1CCC(NC2CCCCC2)CC1.NC(Cc1ccccc1)C(=O)O.NC(Cc1ccccc1)C(=O)O. The number of hydrogen-bond acceptors (Lipinski definition) is 5. The summed E-state index contributed by atoms with van der Waals surface area (Å²) in [5.74, 6) is -1.92. The Morgan fingerprint density at radius 3 is 1.27 bits per heavy atom. The Bertz CT molecular complexity index is 809. The van der Waals surface area contributed by atoms with Crippen LogP contribution in [-0.4, -0.2) is 46.3 Å². The Labute approximate surface area is 221 Å². The van der Waals surface area contributed by atoms with E-state index in [0.29, 0.717) is 12.8 Å². The zero-order valence-corrected chi connectivity index (χ0v) is 21.9. The number of benzene rings is 2. The zero-order valence-electron chi connectivity index (χ0n) is 21.9. The second-order valence-electron chi connectivity index (χ2n) is 10.1. The van der Waals surface area contributed by atoms with E-state index in [0.717, 1.165) is 23.2 Å². The number of hydrogen-bond donors (Lipinski definition) is 5. The Morgan fingerprint density at radius 2 is 0.973 bits per heavy atom. The first-order valence-corrected chi connectivity index (χ1v) is 13.7. The van der Waals surface area contributed by atoms with Gasteiger partial charge in [-0.3, -0.25) is 9.59 Å². The normalized spacial score (nSPS) is 17.8. The van der Waals surface area contributed by atoms with Gasteiger partial charge in [0.2, 0.25) is 0 Å². The molecule has 2 aliphatic rings. The van der Waals surface area contributed by atoms with Crippen LogP contribution in [0.25, 0.3) is 0 Å². The van der Waals surface area contributed by atoms with Crippen molar-refractivity contribution in [3.63, 3.8) is 0 Å². The third-order valence-electron chi connectivity index (χ3n) is 6.91. The van der Waals surface area contributed by atoms with Gasteiger partial charge in [0.05, 0.1) is 0 Å². The van der Waals surface area contributed by atoms with E-state index in [9.17, 15) is 9.59 Å². The molecule has 2 aromatic carbocycles. The molecule has 204 valence electrons. The predicted molar refractivity (Wildman–Crippen MR) is 148 cm³/mol. The Kier molecular flexibility index (Phi) is 14.6. The lowest BCUT2D eigenvalue weighted by Crippen LogP contribution is -2.40. The lowest BCUT2D eigenvalue weighted by atomic mass is 9.91. The van der Waals surface area contributed by atoms with Crippen LogP contribution in [0.4, 0.5) is 0 Å². The maximum absolute atomic E-state index is 10.4. The number of nitrogens with one attached hydrogen (secondary N) is 1. The van der Waals surface area contributed by atoms with Gasteiger partial charge in [-0.25, -0.2) is 0 Å². The zero-order chi connectivity index (χ0) is 26.9. The summed E-state index contributed by atoms with van der Waals surface area (Å²) < 4.78 is 0. The van der Waals surface area contributed by atoms with Crippen LogP contribution in [0.2, 0.25) is 0 Å². The maximum atomic E-state index is 10.4. The quantitative estimate of drug-likeness (QED) is 0.351. The highest BCUT2D eigenvalue weighted by atomic mass is 16.4. The van der Waals surface area contributed by atoms with E-state index >= 15 is 0 Å². The highest BCUT2D eigenvalue weighted by Gasteiger charge is 2.19. The van der Waals surface area contributed by atoms with Gasteiger partial charge in [-0.2, -0.15) is 0 Å². The molecule has 2 aliphatic carbocycles. The number of aliphatic carboxylic acids is 2. The molecule has 2 fully saturated rings. The highest BCUT2D eigenvalue weighted by Crippen LogP contribution is 2.22. The van der Waals surface area contributed by atoms with Crippen LogP contribution in [-0.2, 0) is 22.4 Å². The fraction of sp³-hybridized carbons (Fsp3) is 0.533. The van der Waals surface area contributed by atoms with Crippen molar-refractivity contribution in [1.82, 2.24) is 5.32 Å². The Hall–Kier alpha value is -2.74. The van der Waals surface area contributed by atoms with Crippen molar-refractivity contribution < 1.29 is 19.8 Å². The summed E-state index contributed by atoms with van der Waals surface area (Å²) in [5, 5.41) is 20.9.